The van der Waals surface area contributed by atoms with Gasteiger partial charge in [-0.25, -0.2) is 0 Å². The highest BCUT2D eigenvalue weighted by Crippen LogP contribution is 2.49. The zero-order valence-electron chi connectivity index (χ0n) is 19.2. The van der Waals surface area contributed by atoms with Crippen LogP contribution >= 0.6 is 11.6 Å². The number of halogens is 1. The van der Waals surface area contributed by atoms with Gasteiger partial charge in [0.1, 0.15) is 5.78 Å². The van der Waals surface area contributed by atoms with Gasteiger partial charge in [0.05, 0.1) is 6.10 Å². The van der Waals surface area contributed by atoms with Gasteiger partial charge in [0.25, 0.3) is 0 Å². The monoisotopic (exact) mass is 420 g/mol. The minimum atomic E-state index is -0.464. The Hall–Kier alpha value is -0.860. The van der Waals surface area contributed by atoms with Crippen LogP contribution in [0.4, 0.5) is 0 Å². The lowest BCUT2D eigenvalue weighted by molar-refractivity contribution is -0.130. The van der Waals surface area contributed by atoms with Crippen molar-refractivity contribution in [2.45, 2.75) is 79.8 Å². The molecule has 2 aliphatic carbocycles. The molecule has 1 saturated carbocycles. The van der Waals surface area contributed by atoms with Crippen LogP contribution in [0.15, 0.2) is 35.4 Å². The fourth-order valence-corrected chi connectivity index (χ4v) is 5.49. The number of rotatable bonds is 8. The molecule has 0 spiro atoms. The van der Waals surface area contributed by atoms with Gasteiger partial charge in [-0.1, -0.05) is 77.4 Å². The van der Waals surface area contributed by atoms with Crippen LogP contribution in [0.25, 0.3) is 0 Å². The summed E-state index contributed by atoms with van der Waals surface area (Å²) in [5.41, 5.74) is 0.133. The first-order valence-electron chi connectivity index (χ1n) is 11.4. The van der Waals surface area contributed by atoms with Gasteiger partial charge in [0, 0.05) is 16.9 Å². The summed E-state index contributed by atoms with van der Waals surface area (Å²) in [6, 6.07) is 0. The van der Waals surface area contributed by atoms with Crippen LogP contribution < -0.4 is 0 Å². The first kappa shape index (κ1) is 24.4. The van der Waals surface area contributed by atoms with E-state index in [1.807, 2.05) is 18.2 Å². The summed E-state index contributed by atoms with van der Waals surface area (Å²) in [5, 5.41) is 11.0. The normalized spacial score (nSPS) is 29.3. The van der Waals surface area contributed by atoms with Gasteiger partial charge in [0.2, 0.25) is 0 Å². The van der Waals surface area contributed by atoms with Crippen molar-refractivity contribution in [2.75, 3.05) is 0 Å². The van der Waals surface area contributed by atoms with E-state index in [0.29, 0.717) is 23.5 Å². The number of carbonyl (C=O) groups excluding carboxylic acids is 1. The number of allylic oxidation sites excluding steroid dienone is 5. The maximum absolute atomic E-state index is 13.4. The summed E-state index contributed by atoms with van der Waals surface area (Å²) in [5.74, 6) is 2.18. The first-order valence-corrected chi connectivity index (χ1v) is 11.8. The molecule has 5 atom stereocenters. The summed E-state index contributed by atoms with van der Waals surface area (Å²) in [6.45, 7) is 13.1. The van der Waals surface area contributed by atoms with Crippen LogP contribution in [0, 0.1) is 40.9 Å². The Balaban J connectivity index is 2.05. The molecule has 2 rings (SSSR count). The second-order valence-corrected chi connectivity index (χ2v) is 11.1. The third-order valence-corrected chi connectivity index (χ3v) is 7.19. The summed E-state index contributed by atoms with van der Waals surface area (Å²) in [4.78, 5) is 13.4. The van der Waals surface area contributed by atoms with E-state index in [-0.39, 0.29) is 23.2 Å². The Morgan fingerprint density at radius 1 is 1.24 bits per heavy atom. The summed E-state index contributed by atoms with van der Waals surface area (Å²) in [6.07, 6.45) is 14.6. The van der Waals surface area contributed by atoms with Crippen molar-refractivity contribution in [3.8, 4) is 0 Å². The topological polar surface area (TPSA) is 37.3 Å². The highest BCUT2D eigenvalue weighted by molar-refractivity contribution is 6.31. The number of aliphatic hydroxyl groups excluding tert-OH is 1. The SMILES string of the molecule is CC(C)CC(O)/C=C/[C@@H](C(=O)C1CC[C@H](C2C=CC(Cl)=CC2)C(C)(C)C1)C(C)C. The molecule has 1 fully saturated rings. The zero-order chi connectivity index (χ0) is 21.8. The molecular formula is C26H41ClO2. The van der Waals surface area contributed by atoms with E-state index >= 15 is 0 Å². The molecule has 29 heavy (non-hydrogen) atoms. The molecule has 0 aliphatic heterocycles. The van der Waals surface area contributed by atoms with Crippen molar-refractivity contribution in [3.63, 3.8) is 0 Å². The number of Topliss-reactive ketones (excluding diaryl/α,β-unsaturated/α-hetero) is 1. The van der Waals surface area contributed by atoms with Gasteiger partial charge in [0.15, 0.2) is 0 Å². The molecule has 0 aromatic rings. The first-order chi connectivity index (χ1) is 13.5. The Kier molecular flexibility index (Phi) is 8.79. The Bertz CT molecular complexity index is 641. The maximum atomic E-state index is 13.4. The van der Waals surface area contributed by atoms with Gasteiger partial charge in [-0.05, 0) is 67.3 Å². The predicted octanol–water partition coefficient (Wildman–Crippen LogP) is 6.93. The van der Waals surface area contributed by atoms with E-state index in [1.165, 1.54) is 0 Å². The van der Waals surface area contributed by atoms with E-state index in [9.17, 15) is 9.90 Å². The number of carbonyl (C=O) groups is 1. The van der Waals surface area contributed by atoms with Crippen molar-refractivity contribution >= 4 is 17.4 Å². The lowest BCUT2D eigenvalue weighted by atomic mass is 9.58. The number of ketones is 1. The van der Waals surface area contributed by atoms with Crippen LogP contribution in [0.3, 0.4) is 0 Å². The van der Waals surface area contributed by atoms with Crippen LogP contribution in [0.1, 0.15) is 73.6 Å². The highest BCUT2D eigenvalue weighted by atomic mass is 35.5. The van der Waals surface area contributed by atoms with Gasteiger partial charge in [-0.2, -0.15) is 0 Å². The Morgan fingerprint density at radius 3 is 2.45 bits per heavy atom. The Labute approximate surface area is 183 Å². The number of hydrogen-bond donors (Lipinski definition) is 1. The lowest BCUT2D eigenvalue weighted by Crippen LogP contribution is -2.40. The highest BCUT2D eigenvalue weighted by Gasteiger charge is 2.43. The largest absolute Gasteiger partial charge is 0.389 e. The van der Waals surface area contributed by atoms with Gasteiger partial charge in [-0.3, -0.25) is 4.79 Å². The van der Waals surface area contributed by atoms with Crippen LogP contribution in [-0.4, -0.2) is 17.0 Å². The quantitative estimate of drug-likeness (QED) is 0.432. The van der Waals surface area contributed by atoms with Gasteiger partial charge < -0.3 is 5.11 Å². The third kappa shape index (κ3) is 6.82. The molecule has 0 amide bonds. The molecule has 2 aliphatic rings. The third-order valence-electron chi connectivity index (χ3n) is 6.91. The fourth-order valence-electron chi connectivity index (χ4n) is 5.33. The second kappa shape index (κ2) is 10.4. The molecule has 3 heteroatoms. The van der Waals surface area contributed by atoms with Gasteiger partial charge >= 0.3 is 0 Å². The van der Waals surface area contributed by atoms with E-state index in [2.05, 4.69) is 53.7 Å². The van der Waals surface area contributed by atoms with Crippen LogP contribution in [0.5, 0.6) is 0 Å². The smallest absolute Gasteiger partial charge is 0.143 e. The van der Waals surface area contributed by atoms with E-state index in [4.69, 9.17) is 11.6 Å². The summed E-state index contributed by atoms with van der Waals surface area (Å²) >= 11 is 6.11. The van der Waals surface area contributed by atoms with Crippen molar-refractivity contribution in [1.82, 2.24) is 0 Å². The second-order valence-electron chi connectivity index (χ2n) is 10.7. The van der Waals surface area contributed by atoms with Gasteiger partial charge in [-0.15, -0.1) is 0 Å². The summed E-state index contributed by atoms with van der Waals surface area (Å²) < 4.78 is 0. The minimum absolute atomic E-state index is 0.106. The molecule has 3 unspecified atom stereocenters. The number of hydrogen-bond acceptors (Lipinski definition) is 2. The molecule has 0 heterocycles. The molecule has 0 radical (unpaired) electrons. The van der Waals surface area contributed by atoms with E-state index < -0.39 is 6.10 Å². The van der Waals surface area contributed by atoms with Crippen molar-refractivity contribution < 1.29 is 9.90 Å². The van der Waals surface area contributed by atoms with Crippen molar-refractivity contribution in [2.24, 2.45) is 40.9 Å². The maximum Gasteiger partial charge on any atom is 0.143 e. The molecule has 0 bridgehead atoms. The zero-order valence-corrected chi connectivity index (χ0v) is 20.0. The molecular weight excluding hydrogens is 380 g/mol. The number of aliphatic hydroxyl groups is 1. The molecule has 164 valence electrons. The molecule has 1 N–H and O–H groups in total. The molecule has 0 aromatic carbocycles. The van der Waals surface area contributed by atoms with Crippen LogP contribution in [0.2, 0.25) is 0 Å². The van der Waals surface area contributed by atoms with E-state index in [1.54, 1.807) is 0 Å². The standard InChI is InChI=1S/C26H41ClO2/c1-17(2)15-22(28)12-13-23(18(3)4)25(29)20-9-14-24(26(5,6)16-20)19-7-10-21(27)11-8-19/h7,10-13,17-20,22-24,28H,8-9,14-16H2,1-6H3/b13-12+/t19?,20?,22?,23-,24-/m1/s1. The summed E-state index contributed by atoms with van der Waals surface area (Å²) in [7, 11) is 0. The van der Waals surface area contributed by atoms with Crippen LogP contribution in [-0.2, 0) is 4.79 Å². The van der Waals surface area contributed by atoms with Crippen molar-refractivity contribution in [1.29, 1.82) is 0 Å². The molecule has 2 nitrogen and oxygen atoms in total. The molecule has 0 aromatic heterocycles. The average molecular weight is 421 g/mol. The van der Waals surface area contributed by atoms with E-state index in [0.717, 1.165) is 37.1 Å². The average Bonchev–Trinajstić information content (AvgIpc) is 2.61. The van der Waals surface area contributed by atoms with Crippen molar-refractivity contribution in [3.05, 3.63) is 35.4 Å². The lowest BCUT2D eigenvalue weighted by Gasteiger charge is -2.46. The Morgan fingerprint density at radius 2 is 1.93 bits per heavy atom. The minimum Gasteiger partial charge on any atom is -0.389 e. The fraction of sp³-hybridized carbons (Fsp3) is 0.731. The molecule has 0 saturated heterocycles. The predicted molar refractivity (Wildman–Crippen MR) is 124 cm³/mol.